The van der Waals surface area contributed by atoms with Crippen LogP contribution in [0.3, 0.4) is 0 Å². The minimum absolute atomic E-state index is 0.0737. The van der Waals surface area contributed by atoms with E-state index in [1.54, 1.807) is 30.3 Å². The van der Waals surface area contributed by atoms with Crippen LogP contribution in [0.1, 0.15) is 5.56 Å². The molecule has 88 valence electrons. The highest BCUT2D eigenvalue weighted by molar-refractivity contribution is 5.88. The number of alkyl halides is 3. The van der Waals surface area contributed by atoms with Gasteiger partial charge in [0.15, 0.2) is 0 Å². The Hall–Kier alpha value is -1.36. The molecular formula is C11H11F3O2. The van der Waals surface area contributed by atoms with Crippen LogP contribution in [0.5, 0.6) is 0 Å². The van der Waals surface area contributed by atoms with Gasteiger partial charge >= 0.3 is 6.18 Å². The Balaban J connectivity index is 2.74. The van der Waals surface area contributed by atoms with Crippen molar-refractivity contribution in [2.75, 3.05) is 7.11 Å². The third-order valence-electron chi connectivity index (χ3n) is 2.12. The third kappa shape index (κ3) is 3.34. The molecule has 0 N–H and O–H groups in total. The molecule has 1 aromatic rings. The van der Waals surface area contributed by atoms with Gasteiger partial charge in [-0.1, -0.05) is 30.3 Å². The molecule has 0 aliphatic rings. The van der Waals surface area contributed by atoms with Gasteiger partial charge in [0, 0.05) is 13.5 Å². The summed E-state index contributed by atoms with van der Waals surface area (Å²) in [5, 5.41) is 0. The number of benzene rings is 1. The highest BCUT2D eigenvalue weighted by Crippen LogP contribution is 2.21. The van der Waals surface area contributed by atoms with Crippen LogP contribution in [-0.4, -0.2) is 25.2 Å². The molecule has 1 rings (SSSR count). The quantitative estimate of drug-likeness (QED) is 0.796. The van der Waals surface area contributed by atoms with Crippen molar-refractivity contribution in [2.24, 2.45) is 0 Å². The standard InChI is InChI=1S/C11H11F3O2/c1-16-9(10(15)11(12,13)14)7-8-5-3-2-4-6-8/h2-6,9H,7H2,1H3. The molecule has 0 aromatic heterocycles. The van der Waals surface area contributed by atoms with E-state index in [0.29, 0.717) is 5.56 Å². The fourth-order valence-electron chi connectivity index (χ4n) is 1.29. The van der Waals surface area contributed by atoms with Crippen LogP contribution in [0.2, 0.25) is 0 Å². The second-order valence-electron chi connectivity index (χ2n) is 3.28. The van der Waals surface area contributed by atoms with E-state index in [1.165, 1.54) is 0 Å². The van der Waals surface area contributed by atoms with E-state index in [-0.39, 0.29) is 6.42 Å². The SMILES string of the molecule is COC(Cc1ccccc1)C(=O)C(F)(F)F. The van der Waals surface area contributed by atoms with Crippen molar-refractivity contribution in [1.29, 1.82) is 0 Å². The summed E-state index contributed by atoms with van der Waals surface area (Å²) in [5.41, 5.74) is 0.631. The van der Waals surface area contributed by atoms with Gasteiger partial charge < -0.3 is 4.74 Å². The number of rotatable bonds is 4. The average molecular weight is 232 g/mol. The first-order valence-electron chi connectivity index (χ1n) is 4.63. The highest BCUT2D eigenvalue weighted by atomic mass is 19.4. The molecule has 16 heavy (non-hydrogen) atoms. The van der Waals surface area contributed by atoms with E-state index < -0.39 is 18.1 Å². The lowest BCUT2D eigenvalue weighted by atomic mass is 10.0. The Morgan fingerprint density at radius 3 is 2.31 bits per heavy atom. The van der Waals surface area contributed by atoms with Gasteiger partial charge in [0.05, 0.1) is 0 Å². The fourth-order valence-corrected chi connectivity index (χ4v) is 1.29. The van der Waals surface area contributed by atoms with Crippen LogP contribution in [0.15, 0.2) is 30.3 Å². The number of hydrogen-bond acceptors (Lipinski definition) is 2. The van der Waals surface area contributed by atoms with Gasteiger partial charge in [-0.05, 0) is 5.56 Å². The van der Waals surface area contributed by atoms with Crippen molar-refractivity contribution in [1.82, 2.24) is 0 Å². The Bertz CT molecular complexity index is 346. The van der Waals surface area contributed by atoms with Crippen LogP contribution >= 0.6 is 0 Å². The number of Topliss-reactive ketones (excluding diaryl/α,β-unsaturated/α-hetero) is 1. The first kappa shape index (κ1) is 12.7. The first-order valence-corrected chi connectivity index (χ1v) is 4.63. The number of methoxy groups -OCH3 is 1. The van der Waals surface area contributed by atoms with E-state index in [9.17, 15) is 18.0 Å². The Kier molecular flexibility index (Phi) is 4.06. The first-order chi connectivity index (χ1) is 7.45. The molecule has 0 saturated carbocycles. The molecule has 0 aliphatic heterocycles. The maximum Gasteiger partial charge on any atom is 0.452 e. The summed E-state index contributed by atoms with van der Waals surface area (Å²) in [6.07, 6.45) is -6.40. The Labute approximate surface area is 91.0 Å². The summed E-state index contributed by atoms with van der Waals surface area (Å²) in [4.78, 5) is 11.0. The molecule has 1 atom stereocenters. The molecule has 0 bridgehead atoms. The van der Waals surface area contributed by atoms with Crippen LogP contribution in [0.4, 0.5) is 13.2 Å². The smallest absolute Gasteiger partial charge is 0.373 e. The molecule has 0 spiro atoms. The molecule has 0 radical (unpaired) electrons. The second-order valence-corrected chi connectivity index (χ2v) is 3.28. The zero-order valence-electron chi connectivity index (χ0n) is 8.62. The van der Waals surface area contributed by atoms with Gasteiger partial charge in [0.1, 0.15) is 6.10 Å². The minimum Gasteiger partial charge on any atom is -0.373 e. The predicted molar refractivity (Wildman–Crippen MR) is 52.0 cm³/mol. The topological polar surface area (TPSA) is 26.3 Å². The summed E-state index contributed by atoms with van der Waals surface area (Å²) in [7, 11) is 1.09. The Morgan fingerprint density at radius 2 is 1.88 bits per heavy atom. The highest BCUT2D eigenvalue weighted by Gasteiger charge is 2.43. The molecule has 0 heterocycles. The number of ether oxygens (including phenoxy) is 1. The largest absolute Gasteiger partial charge is 0.452 e. The molecule has 0 saturated heterocycles. The van der Waals surface area contributed by atoms with Gasteiger partial charge in [0.25, 0.3) is 5.78 Å². The van der Waals surface area contributed by atoms with Crippen molar-refractivity contribution in [2.45, 2.75) is 18.7 Å². The number of carbonyl (C=O) groups is 1. The molecule has 0 aliphatic carbocycles. The second kappa shape index (κ2) is 5.12. The van der Waals surface area contributed by atoms with Crippen LogP contribution in [0, 0.1) is 0 Å². The lowest BCUT2D eigenvalue weighted by Crippen LogP contribution is -2.37. The van der Waals surface area contributed by atoms with E-state index in [2.05, 4.69) is 4.74 Å². The molecule has 1 unspecified atom stereocenters. The summed E-state index contributed by atoms with van der Waals surface area (Å²) >= 11 is 0. The van der Waals surface area contributed by atoms with Crippen molar-refractivity contribution >= 4 is 5.78 Å². The van der Waals surface area contributed by atoms with Gasteiger partial charge in [-0.3, -0.25) is 4.79 Å². The van der Waals surface area contributed by atoms with E-state index in [4.69, 9.17) is 0 Å². The number of carbonyl (C=O) groups excluding carboxylic acids is 1. The summed E-state index contributed by atoms with van der Waals surface area (Å²) in [6, 6.07) is 8.43. The molecule has 0 amide bonds. The van der Waals surface area contributed by atoms with Crippen molar-refractivity contribution in [3.8, 4) is 0 Å². The minimum atomic E-state index is -4.85. The normalized spacial score (nSPS) is 13.5. The fraction of sp³-hybridized carbons (Fsp3) is 0.364. The number of halogens is 3. The monoisotopic (exact) mass is 232 g/mol. The Morgan fingerprint density at radius 1 is 1.31 bits per heavy atom. The lowest BCUT2D eigenvalue weighted by Gasteiger charge is -2.15. The van der Waals surface area contributed by atoms with Crippen molar-refractivity contribution in [3.05, 3.63) is 35.9 Å². The lowest BCUT2D eigenvalue weighted by molar-refractivity contribution is -0.181. The molecule has 0 fully saturated rings. The van der Waals surface area contributed by atoms with Crippen molar-refractivity contribution < 1.29 is 22.7 Å². The summed E-state index contributed by atoms with van der Waals surface area (Å²) in [6.45, 7) is 0. The van der Waals surface area contributed by atoms with E-state index >= 15 is 0 Å². The van der Waals surface area contributed by atoms with Gasteiger partial charge in [-0.2, -0.15) is 13.2 Å². The maximum atomic E-state index is 12.2. The summed E-state index contributed by atoms with van der Waals surface area (Å²) in [5.74, 6) is -1.85. The zero-order valence-corrected chi connectivity index (χ0v) is 8.62. The van der Waals surface area contributed by atoms with Crippen LogP contribution in [-0.2, 0) is 16.0 Å². The van der Waals surface area contributed by atoms with E-state index in [1.807, 2.05) is 0 Å². The number of hydrogen-bond donors (Lipinski definition) is 0. The van der Waals surface area contributed by atoms with Gasteiger partial charge in [-0.15, -0.1) is 0 Å². The maximum absolute atomic E-state index is 12.2. The van der Waals surface area contributed by atoms with Crippen LogP contribution in [0.25, 0.3) is 0 Å². The van der Waals surface area contributed by atoms with Crippen LogP contribution < -0.4 is 0 Å². The third-order valence-corrected chi connectivity index (χ3v) is 2.12. The van der Waals surface area contributed by atoms with Gasteiger partial charge in [0.2, 0.25) is 0 Å². The molecule has 1 aromatic carbocycles. The predicted octanol–water partition coefficient (Wildman–Crippen LogP) is 2.38. The average Bonchev–Trinajstić information content (AvgIpc) is 2.25. The molecule has 5 heteroatoms. The van der Waals surface area contributed by atoms with Gasteiger partial charge in [-0.25, -0.2) is 0 Å². The van der Waals surface area contributed by atoms with E-state index in [0.717, 1.165) is 7.11 Å². The van der Waals surface area contributed by atoms with Crippen molar-refractivity contribution in [3.63, 3.8) is 0 Å². The number of ketones is 1. The summed E-state index contributed by atoms with van der Waals surface area (Å²) < 4.78 is 41.1. The molecule has 2 nitrogen and oxygen atoms in total. The molecular weight excluding hydrogens is 221 g/mol. The zero-order chi connectivity index (χ0) is 12.2.